The number of piperazine rings is 1. The summed E-state index contributed by atoms with van der Waals surface area (Å²) < 4.78 is 0. The van der Waals surface area contributed by atoms with Crippen molar-refractivity contribution < 1.29 is 9.59 Å². The van der Waals surface area contributed by atoms with E-state index in [0.29, 0.717) is 12.1 Å². The predicted octanol–water partition coefficient (Wildman–Crippen LogP) is 4.43. The minimum Gasteiger partial charge on any atom is -0.369 e. The third kappa shape index (κ3) is 5.39. The first-order chi connectivity index (χ1) is 17.9. The zero-order chi connectivity index (χ0) is 25.9. The zero-order valence-electron chi connectivity index (χ0n) is 22.1. The van der Waals surface area contributed by atoms with E-state index in [1.54, 1.807) is 6.92 Å². The maximum Gasteiger partial charge on any atom is 0.251 e. The summed E-state index contributed by atoms with van der Waals surface area (Å²) in [6.45, 7) is 12.3. The number of carbonyl (C=O) groups excluding carboxylic acids is 2. The van der Waals surface area contributed by atoms with Crippen LogP contribution in [0, 0.1) is 13.8 Å². The molecule has 0 atom stereocenters. The van der Waals surface area contributed by atoms with Crippen LogP contribution in [0.4, 0.5) is 11.4 Å². The van der Waals surface area contributed by atoms with E-state index >= 15 is 0 Å². The Bertz CT molecular complexity index is 1290. The highest BCUT2D eigenvalue weighted by Gasteiger charge is 2.22. The van der Waals surface area contributed by atoms with E-state index in [0.717, 1.165) is 62.5 Å². The Morgan fingerprint density at radius 3 is 2.30 bits per heavy atom. The number of fused-ring (bicyclic) bond motifs is 1. The lowest BCUT2D eigenvalue weighted by molar-refractivity contribution is -0.116. The minimum absolute atomic E-state index is 0.0355. The number of carbonyl (C=O) groups is 2. The van der Waals surface area contributed by atoms with Crippen LogP contribution in [0.2, 0.25) is 0 Å². The van der Waals surface area contributed by atoms with Gasteiger partial charge in [0.1, 0.15) is 0 Å². The molecule has 3 aromatic carbocycles. The molecule has 1 fully saturated rings. The average Bonchev–Trinajstić information content (AvgIpc) is 3.35. The van der Waals surface area contributed by atoms with Crippen LogP contribution in [-0.4, -0.2) is 62.5 Å². The summed E-state index contributed by atoms with van der Waals surface area (Å²) in [5.41, 5.74) is 9.11. The Kier molecular flexibility index (Phi) is 7.28. The molecule has 5 rings (SSSR count). The predicted molar refractivity (Wildman–Crippen MR) is 151 cm³/mol. The lowest BCUT2D eigenvalue weighted by Gasteiger charge is -2.37. The number of hydrogen-bond acceptors (Lipinski definition) is 4. The van der Waals surface area contributed by atoms with Gasteiger partial charge < -0.3 is 15.1 Å². The molecule has 0 aliphatic carbocycles. The fourth-order valence-electron chi connectivity index (χ4n) is 5.44. The lowest BCUT2D eigenvalue weighted by Crippen LogP contribution is -2.48. The summed E-state index contributed by atoms with van der Waals surface area (Å²) in [4.78, 5) is 31.2. The van der Waals surface area contributed by atoms with Crippen LogP contribution in [0.25, 0.3) is 11.1 Å². The SMILES string of the molecule is CC(=O)N1CCc2cc(-c3ccc(C(=O)NCCN4CCN(c5cccc(C)c5C)CC4)cc3)ccc21. The van der Waals surface area contributed by atoms with Crippen LogP contribution in [0.15, 0.2) is 60.7 Å². The summed E-state index contributed by atoms with van der Waals surface area (Å²) in [5.74, 6) is 0.0492. The van der Waals surface area contributed by atoms with Gasteiger partial charge in [-0.3, -0.25) is 14.5 Å². The molecule has 37 heavy (non-hydrogen) atoms. The maximum atomic E-state index is 12.7. The van der Waals surface area contributed by atoms with Crippen LogP contribution in [0.3, 0.4) is 0 Å². The second-order valence-corrected chi connectivity index (χ2v) is 10.1. The smallest absolute Gasteiger partial charge is 0.251 e. The van der Waals surface area contributed by atoms with E-state index in [1.807, 2.05) is 35.2 Å². The molecular weight excluding hydrogens is 460 g/mol. The fourth-order valence-corrected chi connectivity index (χ4v) is 5.44. The molecule has 0 radical (unpaired) electrons. The monoisotopic (exact) mass is 496 g/mol. The topological polar surface area (TPSA) is 55.9 Å². The van der Waals surface area contributed by atoms with E-state index in [4.69, 9.17) is 0 Å². The molecule has 6 heteroatoms. The van der Waals surface area contributed by atoms with Crippen LogP contribution in [0.1, 0.15) is 34.0 Å². The van der Waals surface area contributed by atoms with Gasteiger partial charge in [-0.05, 0) is 78.4 Å². The Balaban J connectivity index is 1.10. The number of rotatable bonds is 6. The normalized spacial score (nSPS) is 15.5. The average molecular weight is 497 g/mol. The number of nitrogens with one attached hydrogen (secondary N) is 1. The molecule has 2 amide bonds. The standard InChI is InChI=1S/C31H36N4O2/c1-22-5-4-6-29(23(22)2)34-19-17-33(18-20-34)16-14-32-31(37)26-9-7-25(8-10-26)27-11-12-30-28(21-27)13-15-35(30)24(3)36/h4-12,21H,13-20H2,1-3H3,(H,32,37). The molecule has 0 unspecified atom stereocenters. The number of aryl methyl sites for hydroxylation is 1. The van der Waals surface area contributed by atoms with Crippen molar-refractivity contribution in [3.8, 4) is 11.1 Å². The van der Waals surface area contributed by atoms with Gasteiger partial charge >= 0.3 is 0 Å². The highest BCUT2D eigenvalue weighted by molar-refractivity contribution is 5.95. The van der Waals surface area contributed by atoms with Crippen molar-refractivity contribution in [1.29, 1.82) is 0 Å². The number of hydrogen-bond donors (Lipinski definition) is 1. The van der Waals surface area contributed by atoms with Gasteiger partial charge in [-0.1, -0.05) is 30.3 Å². The van der Waals surface area contributed by atoms with E-state index in [9.17, 15) is 9.59 Å². The molecular formula is C31H36N4O2. The van der Waals surface area contributed by atoms with Crippen LogP contribution in [0.5, 0.6) is 0 Å². The maximum absolute atomic E-state index is 12.7. The first kappa shape index (κ1) is 25.0. The van der Waals surface area contributed by atoms with Gasteiger partial charge in [0, 0.05) is 69.7 Å². The van der Waals surface area contributed by atoms with Gasteiger partial charge in [0.05, 0.1) is 0 Å². The molecule has 1 N–H and O–H groups in total. The van der Waals surface area contributed by atoms with Crippen LogP contribution < -0.4 is 15.1 Å². The number of amides is 2. The second-order valence-electron chi connectivity index (χ2n) is 10.1. The van der Waals surface area contributed by atoms with Crippen molar-refractivity contribution >= 4 is 23.2 Å². The lowest BCUT2D eigenvalue weighted by atomic mass is 10.0. The Morgan fingerprint density at radius 1 is 0.838 bits per heavy atom. The molecule has 192 valence electrons. The molecule has 2 heterocycles. The van der Waals surface area contributed by atoms with Crippen molar-refractivity contribution in [1.82, 2.24) is 10.2 Å². The van der Waals surface area contributed by atoms with Gasteiger partial charge in [0.15, 0.2) is 0 Å². The second kappa shape index (κ2) is 10.8. The van der Waals surface area contributed by atoms with E-state index in [-0.39, 0.29) is 11.8 Å². The Hall–Kier alpha value is -3.64. The van der Waals surface area contributed by atoms with Crippen molar-refractivity contribution in [2.24, 2.45) is 0 Å². The quantitative estimate of drug-likeness (QED) is 0.549. The highest BCUT2D eigenvalue weighted by atomic mass is 16.2. The largest absolute Gasteiger partial charge is 0.369 e. The van der Waals surface area contributed by atoms with Gasteiger partial charge in [0.2, 0.25) is 5.91 Å². The summed E-state index contributed by atoms with van der Waals surface area (Å²) in [6.07, 6.45) is 0.879. The molecule has 0 spiro atoms. The Morgan fingerprint density at radius 2 is 1.57 bits per heavy atom. The molecule has 3 aromatic rings. The van der Waals surface area contributed by atoms with Gasteiger partial charge in [-0.15, -0.1) is 0 Å². The highest BCUT2D eigenvalue weighted by Crippen LogP contribution is 2.32. The van der Waals surface area contributed by atoms with Gasteiger partial charge in [-0.25, -0.2) is 0 Å². The summed E-state index contributed by atoms with van der Waals surface area (Å²) >= 11 is 0. The van der Waals surface area contributed by atoms with Crippen molar-refractivity contribution in [2.75, 3.05) is 55.6 Å². The summed E-state index contributed by atoms with van der Waals surface area (Å²) in [6, 6.07) is 20.6. The molecule has 0 saturated carbocycles. The van der Waals surface area contributed by atoms with Crippen molar-refractivity contribution in [3.05, 3.63) is 82.9 Å². The third-order valence-corrected chi connectivity index (χ3v) is 7.84. The zero-order valence-corrected chi connectivity index (χ0v) is 22.1. The van der Waals surface area contributed by atoms with E-state index in [1.165, 1.54) is 22.4 Å². The first-order valence-corrected chi connectivity index (χ1v) is 13.2. The number of benzene rings is 3. The molecule has 1 saturated heterocycles. The molecule has 2 aliphatic heterocycles. The van der Waals surface area contributed by atoms with Gasteiger partial charge in [-0.2, -0.15) is 0 Å². The molecule has 0 aromatic heterocycles. The van der Waals surface area contributed by atoms with Crippen LogP contribution >= 0.6 is 0 Å². The van der Waals surface area contributed by atoms with Crippen LogP contribution in [-0.2, 0) is 11.2 Å². The molecule has 0 bridgehead atoms. The fraction of sp³-hybridized carbons (Fsp3) is 0.355. The molecule has 6 nitrogen and oxygen atoms in total. The minimum atomic E-state index is -0.0355. The molecule has 2 aliphatic rings. The summed E-state index contributed by atoms with van der Waals surface area (Å²) in [5, 5.41) is 3.08. The Labute approximate surface area is 219 Å². The third-order valence-electron chi connectivity index (χ3n) is 7.84. The van der Waals surface area contributed by atoms with E-state index < -0.39 is 0 Å². The van der Waals surface area contributed by atoms with E-state index in [2.05, 4.69) is 59.3 Å². The van der Waals surface area contributed by atoms with Crippen molar-refractivity contribution in [3.63, 3.8) is 0 Å². The number of nitrogens with zero attached hydrogens (tertiary/aromatic N) is 3. The first-order valence-electron chi connectivity index (χ1n) is 13.2. The number of anilines is 2. The van der Waals surface area contributed by atoms with Gasteiger partial charge in [0.25, 0.3) is 5.91 Å². The summed E-state index contributed by atoms with van der Waals surface area (Å²) in [7, 11) is 0. The van der Waals surface area contributed by atoms with Crippen molar-refractivity contribution in [2.45, 2.75) is 27.2 Å².